The molecule has 0 aliphatic carbocycles. The van der Waals surface area contributed by atoms with Gasteiger partial charge in [0.15, 0.2) is 0 Å². The van der Waals surface area contributed by atoms with Crippen LogP contribution in [0.25, 0.3) is 0 Å². The highest BCUT2D eigenvalue weighted by Crippen LogP contribution is 2.42. The van der Waals surface area contributed by atoms with Crippen LogP contribution in [0, 0.1) is 5.92 Å². The second kappa shape index (κ2) is 5.21. The second-order valence-electron chi connectivity index (χ2n) is 6.68. The molecule has 0 bridgehead atoms. The van der Waals surface area contributed by atoms with E-state index in [1.165, 1.54) is 0 Å². The van der Waals surface area contributed by atoms with Gasteiger partial charge in [-0.05, 0) is 40.2 Å². The van der Waals surface area contributed by atoms with Crippen molar-refractivity contribution in [2.75, 3.05) is 7.11 Å². The maximum absolute atomic E-state index is 12.7. The quantitative estimate of drug-likeness (QED) is 0.845. The van der Waals surface area contributed by atoms with Gasteiger partial charge in [-0.3, -0.25) is 4.79 Å². The van der Waals surface area contributed by atoms with Crippen molar-refractivity contribution < 1.29 is 14.3 Å². The zero-order valence-electron chi connectivity index (χ0n) is 13.0. The predicted octanol–water partition coefficient (Wildman–Crippen LogP) is 3.40. The number of methoxy groups -OCH3 is 1. The van der Waals surface area contributed by atoms with Crippen LogP contribution in [-0.2, 0) is 16.0 Å². The number of Topliss-reactive ketones (excluding diaryl/α,β-unsaturated/α-hetero) is 1. The summed E-state index contributed by atoms with van der Waals surface area (Å²) in [6, 6.07) is 7.69. The van der Waals surface area contributed by atoms with Gasteiger partial charge in [0.2, 0.25) is 0 Å². The Bertz CT molecular complexity index is 503. The topological polar surface area (TPSA) is 35.5 Å². The molecule has 1 aliphatic heterocycles. The maximum atomic E-state index is 12.7. The van der Waals surface area contributed by atoms with Crippen LogP contribution in [-0.4, -0.2) is 24.1 Å². The number of ether oxygens (including phenoxy) is 2. The lowest BCUT2D eigenvalue weighted by molar-refractivity contribution is -0.128. The lowest BCUT2D eigenvalue weighted by Crippen LogP contribution is -2.34. The Morgan fingerprint density at radius 2 is 1.95 bits per heavy atom. The van der Waals surface area contributed by atoms with Crippen molar-refractivity contribution in [2.45, 2.75) is 51.7 Å². The van der Waals surface area contributed by atoms with E-state index < -0.39 is 5.60 Å². The van der Waals surface area contributed by atoms with Gasteiger partial charge in [0.05, 0.1) is 18.3 Å². The van der Waals surface area contributed by atoms with Crippen molar-refractivity contribution in [3.8, 4) is 5.75 Å². The summed E-state index contributed by atoms with van der Waals surface area (Å²) in [6.45, 7) is 8.11. The molecule has 0 radical (unpaired) electrons. The van der Waals surface area contributed by atoms with E-state index in [4.69, 9.17) is 9.47 Å². The summed E-state index contributed by atoms with van der Waals surface area (Å²) < 4.78 is 11.3. The number of para-hydroxylation sites is 1. The van der Waals surface area contributed by atoms with Gasteiger partial charge in [-0.2, -0.15) is 0 Å². The fourth-order valence-electron chi connectivity index (χ4n) is 3.22. The first-order valence-electron chi connectivity index (χ1n) is 7.10. The molecular formula is C17H24O3. The molecule has 20 heavy (non-hydrogen) atoms. The number of benzene rings is 1. The number of rotatable bonds is 4. The Balaban J connectivity index is 2.16. The number of carbonyl (C=O) groups is 1. The van der Waals surface area contributed by atoms with Gasteiger partial charge < -0.3 is 9.47 Å². The Labute approximate surface area is 121 Å². The van der Waals surface area contributed by atoms with E-state index in [0.717, 1.165) is 17.7 Å². The van der Waals surface area contributed by atoms with Crippen molar-refractivity contribution in [2.24, 2.45) is 5.92 Å². The van der Waals surface area contributed by atoms with Crippen LogP contribution in [0.3, 0.4) is 0 Å². The number of carbonyl (C=O) groups excluding carboxylic acids is 1. The third-order valence-electron chi connectivity index (χ3n) is 4.02. The highest BCUT2D eigenvalue weighted by molar-refractivity contribution is 5.85. The Morgan fingerprint density at radius 3 is 2.50 bits per heavy atom. The van der Waals surface area contributed by atoms with Crippen molar-refractivity contribution in [1.29, 1.82) is 0 Å². The van der Waals surface area contributed by atoms with Crippen LogP contribution in [0.2, 0.25) is 0 Å². The average molecular weight is 276 g/mol. The van der Waals surface area contributed by atoms with E-state index in [1.54, 1.807) is 7.11 Å². The molecule has 2 rings (SSSR count). The second-order valence-corrected chi connectivity index (χ2v) is 6.68. The van der Waals surface area contributed by atoms with E-state index in [2.05, 4.69) is 0 Å². The van der Waals surface area contributed by atoms with Gasteiger partial charge in [0, 0.05) is 17.9 Å². The van der Waals surface area contributed by atoms with E-state index in [0.29, 0.717) is 6.42 Å². The van der Waals surface area contributed by atoms with Crippen LogP contribution >= 0.6 is 0 Å². The first-order valence-corrected chi connectivity index (χ1v) is 7.10. The molecule has 1 saturated heterocycles. The maximum Gasteiger partial charge on any atom is 0.143 e. The SMILES string of the molecule is COc1ccccc1CC(=O)C1CC(C)(C)OC1(C)C. The molecule has 1 heterocycles. The van der Waals surface area contributed by atoms with Crippen LogP contribution in [0.15, 0.2) is 24.3 Å². The van der Waals surface area contributed by atoms with Gasteiger partial charge in [-0.25, -0.2) is 0 Å². The van der Waals surface area contributed by atoms with E-state index >= 15 is 0 Å². The fourth-order valence-corrected chi connectivity index (χ4v) is 3.22. The molecule has 110 valence electrons. The first-order chi connectivity index (χ1) is 9.25. The third-order valence-corrected chi connectivity index (χ3v) is 4.02. The number of hydrogen-bond acceptors (Lipinski definition) is 3. The molecule has 0 aromatic heterocycles. The summed E-state index contributed by atoms with van der Waals surface area (Å²) >= 11 is 0. The minimum atomic E-state index is -0.400. The molecule has 0 amide bonds. The molecule has 1 aliphatic rings. The molecule has 3 nitrogen and oxygen atoms in total. The zero-order chi connectivity index (χ0) is 15.0. The molecule has 1 fully saturated rings. The highest BCUT2D eigenvalue weighted by Gasteiger charge is 2.48. The van der Waals surface area contributed by atoms with E-state index in [-0.39, 0.29) is 17.3 Å². The summed E-state index contributed by atoms with van der Waals surface area (Å²) in [7, 11) is 1.63. The number of hydrogen-bond donors (Lipinski definition) is 0. The molecule has 1 unspecified atom stereocenters. The first kappa shape index (κ1) is 15.0. The molecule has 1 aromatic carbocycles. The van der Waals surface area contributed by atoms with Gasteiger partial charge in [0.25, 0.3) is 0 Å². The lowest BCUT2D eigenvalue weighted by Gasteiger charge is -2.26. The van der Waals surface area contributed by atoms with E-state index in [9.17, 15) is 4.79 Å². The highest BCUT2D eigenvalue weighted by atomic mass is 16.5. The fraction of sp³-hybridized carbons (Fsp3) is 0.588. The molecule has 0 saturated carbocycles. The van der Waals surface area contributed by atoms with Crippen LogP contribution in [0.5, 0.6) is 5.75 Å². The predicted molar refractivity (Wildman–Crippen MR) is 79.1 cm³/mol. The minimum absolute atomic E-state index is 0.0672. The largest absolute Gasteiger partial charge is 0.496 e. The van der Waals surface area contributed by atoms with Gasteiger partial charge in [-0.1, -0.05) is 18.2 Å². The Hall–Kier alpha value is -1.35. The third kappa shape index (κ3) is 3.04. The normalized spacial score (nSPS) is 23.6. The molecular weight excluding hydrogens is 252 g/mol. The zero-order valence-corrected chi connectivity index (χ0v) is 13.0. The average Bonchev–Trinajstić information content (AvgIpc) is 2.58. The molecule has 3 heteroatoms. The molecule has 0 N–H and O–H groups in total. The summed E-state index contributed by atoms with van der Waals surface area (Å²) in [5, 5.41) is 0. The lowest BCUT2D eigenvalue weighted by atomic mass is 9.82. The van der Waals surface area contributed by atoms with Gasteiger partial charge in [0.1, 0.15) is 11.5 Å². The van der Waals surface area contributed by atoms with Crippen molar-refractivity contribution in [1.82, 2.24) is 0 Å². The van der Waals surface area contributed by atoms with Crippen LogP contribution < -0.4 is 4.74 Å². The summed E-state index contributed by atoms with van der Waals surface area (Å²) in [6.07, 6.45) is 1.17. The van der Waals surface area contributed by atoms with Gasteiger partial charge in [-0.15, -0.1) is 0 Å². The van der Waals surface area contributed by atoms with Gasteiger partial charge >= 0.3 is 0 Å². The van der Waals surface area contributed by atoms with Crippen molar-refractivity contribution in [3.63, 3.8) is 0 Å². The Morgan fingerprint density at radius 1 is 1.30 bits per heavy atom. The molecule has 1 aromatic rings. The van der Waals surface area contributed by atoms with Crippen LogP contribution in [0.4, 0.5) is 0 Å². The summed E-state index contributed by atoms with van der Waals surface area (Å²) in [5.74, 6) is 0.935. The summed E-state index contributed by atoms with van der Waals surface area (Å²) in [4.78, 5) is 12.7. The van der Waals surface area contributed by atoms with Crippen LogP contribution in [0.1, 0.15) is 39.7 Å². The Kier molecular flexibility index (Phi) is 3.92. The number of ketones is 1. The smallest absolute Gasteiger partial charge is 0.143 e. The standard InChI is InChI=1S/C17H24O3/c1-16(2)11-13(17(3,4)20-16)14(18)10-12-8-6-7-9-15(12)19-5/h6-9,13H,10-11H2,1-5H3. The monoisotopic (exact) mass is 276 g/mol. The van der Waals surface area contributed by atoms with Crippen molar-refractivity contribution in [3.05, 3.63) is 29.8 Å². The minimum Gasteiger partial charge on any atom is -0.496 e. The molecule has 0 spiro atoms. The summed E-state index contributed by atoms with van der Waals surface area (Å²) in [5.41, 5.74) is 0.313. The van der Waals surface area contributed by atoms with E-state index in [1.807, 2.05) is 52.0 Å². The van der Waals surface area contributed by atoms with Crippen molar-refractivity contribution >= 4 is 5.78 Å². The molecule has 1 atom stereocenters.